The van der Waals surface area contributed by atoms with Crippen LogP contribution in [0.15, 0.2) is 11.0 Å². The lowest BCUT2D eigenvalue weighted by atomic mass is 10.2. The Balaban J connectivity index is 2.31. The molecule has 1 aromatic heterocycles. The van der Waals surface area contributed by atoms with Gasteiger partial charge in [0.25, 0.3) is 11.5 Å². The van der Waals surface area contributed by atoms with Crippen molar-refractivity contribution in [3.63, 3.8) is 0 Å². The lowest BCUT2D eigenvalue weighted by Crippen LogP contribution is -2.38. The van der Waals surface area contributed by atoms with Gasteiger partial charge in [0.2, 0.25) is 0 Å². The number of phosphoric ester groups is 1. The highest BCUT2D eigenvalue weighted by molar-refractivity contribution is 7.66. The monoisotopic (exact) mass is 545 g/mol. The Morgan fingerprint density at radius 3 is 2.31 bits per heavy atom. The molecule has 1 aliphatic rings. The molecule has 32 heavy (non-hydrogen) atoms. The van der Waals surface area contributed by atoms with E-state index in [0.717, 1.165) is 6.20 Å². The molecular weight excluding hydrogens is 530 g/mol. The van der Waals surface area contributed by atoms with Crippen molar-refractivity contribution in [1.82, 2.24) is 9.55 Å². The maximum absolute atomic E-state index is 12.4. The topological polar surface area (TPSA) is 276 Å². The van der Waals surface area contributed by atoms with Gasteiger partial charge >= 0.3 is 23.5 Å². The third-order valence-corrected chi connectivity index (χ3v) is 7.87. The van der Waals surface area contributed by atoms with Crippen LogP contribution >= 0.6 is 35.1 Å². The molecule has 18 nitrogen and oxygen atoms in total. The van der Waals surface area contributed by atoms with Gasteiger partial charge in [0.05, 0.1) is 0 Å². The summed E-state index contributed by atoms with van der Waals surface area (Å²) in [5.74, 6) is -1.28. The van der Waals surface area contributed by atoms with Crippen LogP contribution in [0, 0.1) is 0 Å². The Kier molecular flexibility index (Phi) is 8.20. The van der Waals surface area contributed by atoms with Crippen molar-refractivity contribution in [3.05, 3.63) is 27.4 Å². The van der Waals surface area contributed by atoms with Crippen molar-refractivity contribution < 1.29 is 65.8 Å². The molecule has 7 N–H and O–H groups in total. The van der Waals surface area contributed by atoms with E-state index in [4.69, 9.17) is 31.9 Å². The number of carbonyl (C=O) groups excluding carboxylic acids is 1. The number of halogens is 1. The Morgan fingerprint density at radius 1 is 1.22 bits per heavy atom. The fourth-order valence-corrected chi connectivity index (χ4v) is 5.87. The third kappa shape index (κ3) is 6.50. The summed E-state index contributed by atoms with van der Waals surface area (Å²) in [7, 11) is -16.0. The van der Waals surface area contributed by atoms with Crippen molar-refractivity contribution in [2.45, 2.75) is 24.7 Å². The SMILES string of the molecule is COP(=O)(O[C@H]1O[C@@H](n2cc(Cl)nc(C(N)=O)c2=O)[C@H](O)[C@@H]1O)OP(=O)(O)OP(=O)(O)O. The van der Waals surface area contributed by atoms with Gasteiger partial charge in [0, 0.05) is 13.3 Å². The molecule has 0 aliphatic carbocycles. The van der Waals surface area contributed by atoms with Crippen LogP contribution in [0.5, 0.6) is 0 Å². The molecule has 0 saturated carbocycles. The van der Waals surface area contributed by atoms with Crippen molar-refractivity contribution in [3.8, 4) is 0 Å². The summed E-state index contributed by atoms with van der Waals surface area (Å²) in [5.41, 5.74) is 2.94. The van der Waals surface area contributed by atoms with E-state index in [2.05, 4.69) is 22.7 Å². The maximum Gasteiger partial charge on any atom is 0.490 e. The predicted molar refractivity (Wildman–Crippen MR) is 97.7 cm³/mol. The van der Waals surface area contributed by atoms with Crippen LogP contribution in [0.3, 0.4) is 0 Å². The van der Waals surface area contributed by atoms with E-state index in [9.17, 15) is 38.4 Å². The van der Waals surface area contributed by atoms with Gasteiger partial charge in [-0.2, -0.15) is 8.62 Å². The minimum absolute atomic E-state index is 0.449. The molecule has 182 valence electrons. The van der Waals surface area contributed by atoms with Crippen LogP contribution in [0.4, 0.5) is 0 Å². The molecule has 2 heterocycles. The van der Waals surface area contributed by atoms with Gasteiger partial charge in [-0.25, -0.2) is 18.7 Å². The van der Waals surface area contributed by atoms with Gasteiger partial charge in [-0.15, -0.1) is 0 Å². The van der Waals surface area contributed by atoms with Crippen LogP contribution < -0.4 is 11.3 Å². The number of amides is 1. The first-order valence-corrected chi connectivity index (χ1v) is 12.6. The molecule has 0 radical (unpaired) electrons. The molecule has 2 rings (SSSR count). The number of hydrogen-bond acceptors (Lipinski definition) is 13. The summed E-state index contributed by atoms with van der Waals surface area (Å²) < 4.78 is 56.7. The number of nitrogens with two attached hydrogens (primary N) is 1. The lowest BCUT2D eigenvalue weighted by molar-refractivity contribution is -0.136. The van der Waals surface area contributed by atoms with Crippen LogP contribution in [0.2, 0.25) is 5.15 Å². The maximum atomic E-state index is 12.4. The minimum Gasteiger partial charge on any atom is -0.385 e. The number of primary amides is 1. The first kappa shape index (κ1) is 27.2. The second-order valence-corrected chi connectivity index (χ2v) is 10.8. The Morgan fingerprint density at radius 2 is 1.81 bits per heavy atom. The average molecular weight is 546 g/mol. The summed E-state index contributed by atoms with van der Waals surface area (Å²) in [6, 6.07) is 0. The van der Waals surface area contributed by atoms with Crippen LogP contribution in [0.1, 0.15) is 16.7 Å². The molecule has 1 aromatic rings. The first-order chi connectivity index (χ1) is 14.5. The molecule has 0 aromatic carbocycles. The van der Waals surface area contributed by atoms with Gasteiger partial charge in [-0.1, -0.05) is 11.6 Å². The largest absolute Gasteiger partial charge is 0.490 e. The zero-order chi connectivity index (χ0) is 24.6. The van der Waals surface area contributed by atoms with Crippen LogP contribution in [-0.2, 0) is 36.1 Å². The molecule has 1 aliphatic heterocycles. The molecule has 0 bridgehead atoms. The Bertz CT molecular complexity index is 1090. The fourth-order valence-electron chi connectivity index (χ4n) is 2.27. The average Bonchev–Trinajstić information content (AvgIpc) is 2.88. The van der Waals surface area contributed by atoms with Crippen LogP contribution in [-0.4, -0.2) is 66.0 Å². The Labute approximate surface area is 181 Å². The number of nitrogens with zero attached hydrogens (tertiary/aromatic N) is 2. The van der Waals surface area contributed by atoms with E-state index in [1.165, 1.54) is 0 Å². The second-order valence-electron chi connectivity index (χ2n) is 5.72. The molecule has 2 unspecified atom stereocenters. The number of phosphoric acid groups is 3. The molecule has 6 atom stereocenters. The van der Waals surface area contributed by atoms with Gasteiger partial charge in [-0.05, 0) is 0 Å². The summed E-state index contributed by atoms with van der Waals surface area (Å²) in [4.78, 5) is 53.6. The molecule has 22 heteroatoms. The van der Waals surface area contributed by atoms with Gasteiger partial charge in [0.1, 0.15) is 17.4 Å². The first-order valence-electron chi connectivity index (χ1n) is 7.74. The van der Waals surface area contributed by atoms with Crippen molar-refractivity contribution >= 4 is 41.0 Å². The zero-order valence-corrected chi connectivity index (χ0v) is 18.8. The molecule has 1 fully saturated rings. The number of aliphatic hydroxyl groups is 2. The molecular formula is C10H15ClN3O15P3. The summed E-state index contributed by atoms with van der Waals surface area (Å²) in [5, 5.41) is 19.8. The van der Waals surface area contributed by atoms with Crippen molar-refractivity contribution in [2.75, 3.05) is 7.11 Å². The predicted octanol–water partition coefficient (Wildman–Crippen LogP) is -1.43. The second kappa shape index (κ2) is 9.66. The number of rotatable bonds is 9. The summed E-state index contributed by atoms with van der Waals surface area (Å²) >= 11 is 5.69. The van der Waals surface area contributed by atoms with Gasteiger partial charge in [0.15, 0.2) is 18.2 Å². The number of ether oxygens (including phenoxy) is 1. The summed E-state index contributed by atoms with van der Waals surface area (Å²) in [6.07, 6.45) is -7.38. The highest BCUT2D eigenvalue weighted by atomic mass is 35.5. The van der Waals surface area contributed by atoms with Crippen molar-refractivity contribution in [1.29, 1.82) is 0 Å². The standard InChI is InChI=1S/C10H15ClN3O15P3/c1-25-32(24,29-31(22,23)28-30(19,20)21)27-10-6(16)5(15)9(26-10)14-2-3(11)13-4(7(12)17)8(14)18/h2,5-6,9-10,15-16H,1H3,(H2,12,17)(H,22,23)(H2,19,20,21)/t5-,6+,9-,10-,32?/m1/s1. The van der Waals surface area contributed by atoms with E-state index in [0.29, 0.717) is 11.7 Å². The van der Waals surface area contributed by atoms with E-state index in [-0.39, 0.29) is 0 Å². The molecule has 1 saturated heterocycles. The zero-order valence-electron chi connectivity index (χ0n) is 15.4. The van der Waals surface area contributed by atoms with E-state index < -0.39 is 70.5 Å². The van der Waals surface area contributed by atoms with E-state index >= 15 is 0 Å². The van der Waals surface area contributed by atoms with E-state index in [1.54, 1.807) is 0 Å². The van der Waals surface area contributed by atoms with Gasteiger partial charge in [-0.3, -0.25) is 23.2 Å². The fraction of sp³-hybridized carbons (Fsp3) is 0.500. The number of aliphatic hydroxyl groups excluding tert-OH is 2. The van der Waals surface area contributed by atoms with Crippen molar-refractivity contribution in [2.24, 2.45) is 5.73 Å². The minimum atomic E-state index is -5.76. The quantitative estimate of drug-likeness (QED) is 0.194. The number of carbonyl (C=O) groups is 1. The molecule has 0 spiro atoms. The normalized spacial score (nSPS) is 27.6. The Hall–Kier alpha value is -1.07. The van der Waals surface area contributed by atoms with Gasteiger partial charge < -0.3 is 35.4 Å². The number of aromatic nitrogens is 2. The highest BCUT2D eigenvalue weighted by Gasteiger charge is 2.51. The molecule has 1 amide bonds. The summed E-state index contributed by atoms with van der Waals surface area (Å²) in [6.45, 7) is 0. The lowest BCUT2D eigenvalue weighted by Gasteiger charge is -2.22. The highest BCUT2D eigenvalue weighted by Crippen LogP contribution is 2.68. The number of hydrogen-bond donors (Lipinski definition) is 6. The van der Waals surface area contributed by atoms with Crippen LogP contribution in [0.25, 0.3) is 0 Å². The third-order valence-electron chi connectivity index (χ3n) is 3.47. The van der Waals surface area contributed by atoms with E-state index in [1.807, 2.05) is 0 Å². The smallest absolute Gasteiger partial charge is 0.385 e.